The van der Waals surface area contributed by atoms with E-state index in [-0.39, 0.29) is 11.3 Å². The summed E-state index contributed by atoms with van der Waals surface area (Å²) >= 11 is 0. The van der Waals surface area contributed by atoms with Crippen molar-refractivity contribution in [2.45, 2.75) is 47.0 Å². The number of carboxylic acids is 1. The average Bonchev–Trinajstić information content (AvgIpc) is 2.24. The summed E-state index contributed by atoms with van der Waals surface area (Å²) in [5.41, 5.74) is 2.17. The second-order valence-corrected chi connectivity index (χ2v) is 6.36. The number of hydrogen-bond donors (Lipinski definition) is 1. The quantitative estimate of drug-likeness (QED) is 0.871. The van der Waals surface area contributed by atoms with Crippen molar-refractivity contribution in [3.63, 3.8) is 0 Å². The fourth-order valence-corrected chi connectivity index (χ4v) is 2.04. The summed E-state index contributed by atoms with van der Waals surface area (Å²) in [5.74, 6) is -0.547. The molecule has 0 heterocycles. The molecule has 2 nitrogen and oxygen atoms in total. The first-order chi connectivity index (χ1) is 8.21. The molecule has 100 valence electrons. The lowest BCUT2D eigenvalue weighted by Gasteiger charge is -2.27. The van der Waals surface area contributed by atoms with E-state index in [9.17, 15) is 9.90 Å². The van der Waals surface area contributed by atoms with Crippen LogP contribution in [0.15, 0.2) is 24.3 Å². The maximum absolute atomic E-state index is 11.3. The highest BCUT2D eigenvalue weighted by atomic mass is 16.4. The predicted molar refractivity (Wildman–Crippen MR) is 74.8 cm³/mol. The summed E-state index contributed by atoms with van der Waals surface area (Å²) in [6, 6.07) is 8.30. The molecule has 0 fully saturated rings. The van der Waals surface area contributed by atoms with Crippen LogP contribution in [0, 0.1) is 11.3 Å². The Bertz CT molecular complexity index is 396. The third kappa shape index (κ3) is 3.86. The molecule has 18 heavy (non-hydrogen) atoms. The molecule has 0 saturated carbocycles. The molecule has 2 heteroatoms. The molecule has 1 rings (SSSR count). The third-order valence-electron chi connectivity index (χ3n) is 3.43. The number of hydrogen-bond acceptors (Lipinski definition) is 1. The van der Waals surface area contributed by atoms with Crippen LogP contribution in [-0.2, 0) is 11.2 Å². The number of carboxylic acid groups (broad SMARTS) is 1. The Hall–Kier alpha value is -1.31. The fraction of sp³-hybridized carbons (Fsp3) is 0.562. The van der Waals surface area contributed by atoms with Crippen molar-refractivity contribution < 1.29 is 9.90 Å². The molecule has 1 unspecified atom stereocenters. The maximum Gasteiger partial charge on any atom is 0.307 e. The van der Waals surface area contributed by atoms with Crippen LogP contribution in [0.1, 0.15) is 51.7 Å². The molecule has 1 N–H and O–H groups in total. The van der Waals surface area contributed by atoms with E-state index in [0.717, 1.165) is 5.56 Å². The molecule has 1 atom stereocenters. The highest BCUT2D eigenvalue weighted by molar-refractivity contribution is 5.71. The molecule has 0 aromatic heterocycles. The van der Waals surface area contributed by atoms with Gasteiger partial charge in [-0.15, -0.1) is 0 Å². The molecule has 0 amide bonds. The zero-order valence-electron chi connectivity index (χ0n) is 12.0. The van der Waals surface area contributed by atoms with Gasteiger partial charge in [-0.2, -0.15) is 0 Å². The molecule has 0 radical (unpaired) electrons. The summed E-state index contributed by atoms with van der Waals surface area (Å²) in [4.78, 5) is 11.3. The second kappa shape index (κ2) is 5.55. The van der Waals surface area contributed by atoms with Crippen LogP contribution in [0.3, 0.4) is 0 Å². The summed E-state index contributed by atoms with van der Waals surface area (Å²) in [6.07, 6.45) is 0.594. The first-order valence-corrected chi connectivity index (χ1v) is 6.53. The van der Waals surface area contributed by atoms with Crippen molar-refractivity contribution in [1.82, 2.24) is 0 Å². The Morgan fingerprint density at radius 3 is 2.00 bits per heavy atom. The summed E-state index contributed by atoms with van der Waals surface area (Å²) in [5, 5.41) is 9.31. The summed E-state index contributed by atoms with van der Waals surface area (Å²) in [7, 11) is 0. The van der Waals surface area contributed by atoms with E-state index in [2.05, 4.69) is 38.1 Å². The van der Waals surface area contributed by atoms with Gasteiger partial charge in [0.15, 0.2) is 0 Å². The number of benzene rings is 1. The first-order valence-electron chi connectivity index (χ1n) is 6.53. The minimum Gasteiger partial charge on any atom is -0.481 e. The maximum atomic E-state index is 11.3. The van der Waals surface area contributed by atoms with Crippen molar-refractivity contribution in [3.8, 4) is 0 Å². The predicted octanol–water partition coefficient (Wildman–Crippen LogP) is 4.10. The van der Waals surface area contributed by atoms with Crippen LogP contribution in [0.25, 0.3) is 0 Å². The second-order valence-electron chi connectivity index (χ2n) is 6.36. The fourth-order valence-electron chi connectivity index (χ4n) is 2.04. The molecular formula is C16H24O2. The highest BCUT2D eigenvalue weighted by Gasteiger charge is 2.31. The van der Waals surface area contributed by atoms with Gasteiger partial charge in [0.1, 0.15) is 0 Å². The SMILES string of the molecule is CC(C)c1ccc(CC(C(=O)O)C(C)(C)C)cc1. The Balaban J connectivity index is 2.85. The van der Waals surface area contributed by atoms with Gasteiger partial charge in [-0.1, -0.05) is 58.9 Å². The van der Waals surface area contributed by atoms with Gasteiger partial charge >= 0.3 is 5.97 Å². The van der Waals surface area contributed by atoms with E-state index < -0.39 is 5.97 Å². The van der Waals surface area contributed by atoms with E-state index in [4.69, 9.17) is 0 Å². The van der Waals surface area contributed by atoms with Gasteiger partial charge in [-0.3, -0.25) is 4.79 Å². The van der Waals surface area contributed by atoms with Crippen molar-refractivity contribution in [2.24, 2.45) is 11.3 Å². The van der Waals surface area contributed by atoms with Gasteiger partial charge in [-0.05, 0) is 28.9 Å². The summed E-state index contributed by atoms with van der Waals surface area (Å²) in [6.45, 7) is 10.3. The highest BCUT2D eigenvalue weighted by Crippen LogP contribution is 2.29. The Morgan fingerprint density at radius 1 is 1.17 bits per heavy atom. The molecule has 0 bridgehead atoms. The smallest absolute Gasteiger partial charge is 0.307 e. The zero-order valence-corrected chi connectivity index (χ0v) is 12.0. The molecule has 0 spiro atoms. The molecule has 0 aliphatic carbocycles. The van der Waals surface area contributed by atoms with Crippen molar-refractivity contribution >= 4 is 5.97 Å². The van der Waals surface area contributed by atoms with Crippen molar-refractivity contribution in [1.29, 1.82) is 0 Å². The molecule has 0 saturated heterocycles. The molecule has 0 aliphatic rings. The lowest BCUT2D eigenvalue weighted by molar-refractivity contribution is -0.145. The molecule has 1 aromatic rings. The van der Waals surface area contributed by atoms with Crippen LogP contribution < -0.4 is 0 Å². The largest absolute Gasteiger partial charge is 0.481 e. The van der Waals surface area contributed by atoms with Crippen LogP contribution >= 0.6 is 0 Å². The van der Waals surface area contributed by atoms with Gasteiger partial charge in [0.2, 0.25) is 0 Å². The van der Waals surface area contributed by atoms with Crippen LogP contribution in [0.2, 0.25) is 0 Å². The van der Waals surface area contributed by atoms with E-state index >= 15 is 0 Å². The van der Waals surface area contributed by atoms with Gasteiger partial charge < -0.3 is 5.11 Å². The topological polar surface area (TPSA) is 37.3 Å². The Kier molecular flexibility index (Phi) is 4.55. The Morgan fingerprint density at radius 2 is 1.67 bits per heavy atom. The third-order valence-corrected chi connectivity index (χ3v) is 3.43. The van der Waals surface area contributed by atoms with Crippen LogP contribution in [0.5, 0.6) is 0 Å². The van der Waals surface area contributed by atoms with Crippen LogP contribution in [0.4, 0.5) is 0 Å². The lowest BCUT2D eigenvalue weighted by Crippen LogP contribution is -2.30. The number of aliphatic carboxylic acids is 1. The van der Waals surface area contributed by atoms with E-state index in [1.807, 2.05) is 20.8 Å². The standard InChI is InChI=1S/C16H24O2/c1-11(2)13-8-6-12(7-9-13)10-14(15(17)18)16(3,4)5/h6-9,11,14H,10H2,1-5H3,(H,17,18). The monoisotopic (exact) mass is 248 g/mol. The molecule has 1 aromatic carbocycles. The van der Waals surface area contributed by atoms with Gasteiger partial charge in [0, 0.05) is 0 Å². The summed E-state index contributed by atoms with van der Waals surface area (Å²) < 4.78 is 0. The van der Waals surface area contributed by atoms with Crippen molar-refractivity contribution in [2.75, 3.05) is 0 Å². The lowest BCUT2D eigenvalue weighted by atomic mass is 9.77. The normalized spacial score (nSPS) is 13.7. The van der Waals surface area contributed by atoms with Gasteiger partial charge in [0.25, 0.3) is 0 Å². The van der Waals surface area contributed by atoms with Gasteiger partial charge in [0.05, 0.1) is 5.92 Å². The molecular weight excluding hydrogens is 224 g/mol. The zero-order chi connectivity index (χ0) is 13.9. The van der Waals surface area contributed by atoms with Crippen LogP contribution in [-0.4, -0.2) is 11.1 Å². The Labute approximate surface area is 110 Å². The molecule has 0 aliphatic heterocycles. The average molecular weight is 248 g/mol. The number of rotatable bonds is 4. The minimum absolute atomic E-state index is 0.220. The van der Waals surface area contributed by atoms with E-state index in [1.165, 1.54) is 5.56 Å². The van der Waals surface area contributed by atoms with Crippen molar-refractivity contribution in [3.05, 3.63) is 35.4 Å². The van der Waals surface area contributed by atoms with Gasteiger partial charge in [-0.25, -0.2) is 0 Å². The number of carbonyl (C=O) groups is 1. The van der Waals surface area contributed by atoms with E-state index in [0.29, 0.717) is 12.3 Å². The first kappa shape index (κ1) is 14.7. The minimum atomic E-state index is -0.713. The van der Waals surface area contributed by atoms with E-state index in [1.54, 1.807) is 0 Å².